The van der Waals surface area contributed by atoms with Gasteiger partial charge in [-0.1, -0.05) is 146 Å². The van der Waals surface area contributed by atoms with E-state index in [2.05, 4.69) is 151 Å². The van der Waals surface area contributed by atoms with E-state index in [-0.39, 0.29) is 6.17 Å². The fraction of sp³-hybridized carbons (Fsp3) is 0.0455. The number of amidine groups is 2. The molecular weight excluding hydrogens is 587 g/mol. The Bertz CT molecular complexity index is 2430. The van der Waals surface area contributed by atoms with Gasteiger partial charge in [-0.05, 0) is 51.2 Å². The van der Waals surface area contributed by atoms with Gasteiger partial charge in [0.2, 0.25) is 0 Å². The zero-order valence-electron chi connectivity index (χ0n) is 26.0. The molecule has 7 aromatic rings. The van der Waals surface area contributed by atoms with Crippen molar-refractivity contribution in [3.8, 4) is 22.6 Å². The van der Waals surface area contributed by atoms with Crippen LogP contribution in [0.15, 0.2) is 174 Å². The predicted octanol–water partition coefficient (Wildman–Crippen LogP) is 9.80. The van der Waals surface area contributed by atoms with E-state index in [1.54, 1.807) is 0 Å². The van der Waals surface area contributed by atoms with Crippen molar-refractivity contribution in [2.45, 2.75) is 11.6 Å². The molecule has 4 nitrogen and oxygen atoms in total. The van der Waals surface area contributed by atoms with Crippen LogP contribution in [-0.2, 0) is 5.41 Å². The van der Waals surface area contributed by atoms with Crippen LogP contribution in [0, 0.1) is 0 Å². The maximum absolute atomic E-state index is 6.51. The highest BCUT2D eigenvalue weighted by Gasteiger charge is 2.51. The van der Waals surface area contributed by atoms with Gasteiger partial charge in [0.25, 0.3) is 0 Å². The molecule has 0 saturated heterocycles. The van der Waals surface area contributed by atoms with Crippen LogP contribution in [0.1, 0.15) is 45.1 Å². The molecule has 10 rings (SSSR count). The number of rotatable bonds is 3. The summed E-state index contributed by atoms with van der Waals surface area (Å²) in [6, 6.07) is 57.8. The van der Waals surface area contributed by atoms with E-state index in [9.17, 15) is 0 Å². The summed E-state index contributed by atoms with van der Waals surface area (Å²) < 4.78 is 6.51. The van der Waals surface area contributed by atoms with Gasteiger partial charge in [-0.3, -0.25) is 0 Å². The molecule has 7 aromatic carbocycles. The minimum Gasteiger partial charge on any atom is -0.457 e. The molecule has 4 heteroatoms. The van der Waals surface area contributed by atoms with Crippen LogP contribution in [0.3, 0.4) is 0 Å². The zero-order valence-corrected chi connectivity index (χ0v) is 26.0. The lowest BCUT2D eigenvalue weighted by molar-refractivity contribution is 0.436. The van der Waals surface area contributed by atoms with Gasteiger partial charge in [-0.25, -0.2) is 9.98 Å². The van der Waals surface area contributed by atoms with E-state index in [1.807, 2.05) is 18.2 Å². The number of nitrogens with zero attached hydrogens (tertiary/aromatic N) is 2. The first-order chi connectivity index (χ1) is 23.8. The van der Waals surface area contributed by atoms with E-state index in [0.717, 1.165) is 45.2 Å². The summed E-state index contributed by atoms with van der Waals surface area (Å²) in [5, 5.41) is 6.10. The number of para-hydroxylation sites is 2. The summed E-state index contributed by atoms with van der Waals surface area (Å²) in [5.74, 6) is 3.30. The Morgan fingerprint density at radius 3 is 1.98 bits per heavy atom. The molecule has 2 heterocycles. The maximum atomic E-state index is 6.51. The number of ether oxygens (including phenoxy) is 1. The van der Waals surface area contributed by atoms with Crippen molar-refractivity contribution in [2.75, 3.05) is 0 Å². The van der Waals surface area contributed by atoms with Crippen molar-refractivity contribution in [1.82, 2.24) is 5.32 Å². The van der Waals surface area contributed by atoms with E-state index >= 15 is 0 Å². The van der Waals surface area contributed by atoms with Crippen LogP contribution in [0.4, 0.5) is 0 Å². The van der Waals surface area contributed by atoms with Gasteiger partial charge >= 0.3 is 0 Å². The van der Waals surface area contributed by atoms with Gasteiger partial charge in [0.1, 0.15) is 23.5 Å². The van der Waals surface area contributed by atoms with Crippen LogP contribution in [-0.4, -0.2) is 11.7 Å². The molecule has 0 amide bonds. The summed E-state index contributed by atoms with van der Waals surface area (Å²) in [6.45, 7) is 0. The molecule has 1 spiro atoms. The van der Waals surface area contributed by atoms with Crippen molar-refractivity contribution in [2.24, 2.45) is 9.98 Å². The monoisotopic (exact) mass is 615 g/mol. The van der Waals surface area contributed by atoms with E-state index in [0.29, 0.717) is 5.84 Å². The Morgan fingerprint density at radius 1 is 0.521 bits per heavy atom. The van der Waals surface area contributed by atoms with Crippen LogP contribution >= 0.6 is 0 Å². The fourth-order valence-electron chi connectivity index (χ4n) is 7.97. The molecule has 3 aliphatic rings. The van der Waals surface area contributed by atoms with E-state index < -0.39 is 5.41 Å². The average molecular weight is 616 g/mol. The van der Waals surface area contributed by atoms with E-state index in [4.69, 9.17) is 14.7 Å². The summed E-state index contributed by atoms with van der Waals surface area (Å²) in [4.78, 5) is 10.4. The molecule has 1 N–H and O–H groups in total. The van der Waals surface area contributed by atoms with Crippen molar-refractivity contribution < 1.29 is 4.74 Å². The number of fused-ring (bicyclic) bond motifs is 10. The molecule has 2 aliphatic heterocycles. The quantitative estimate of drug-likeness (QED) is 0.215. The first kappa shape index (κ1) is 26.9. The maximum Gasteiger partial charge on any atom is 0.159 e. The Balaban J connectivity index is 1.18. The minimum absolute atomic E-state index is 0.306. The van der Waals surface area contributed by atoms with Crippen LogP contribution in [0.2, 0.25) is 0 Å². The summed E-state index contributed by atoms with van der Waals surface area (Å²) in [6.07, 6.45) is -0.306. The van der Waals surface area contributed by atoms with Gasteiger partial charge in [0.15, 0.2) is 5.84 Å². The largest absolute Gasteiger partial charge is 0.457 e. The topological polar surface area (TPSA) is 46.0 Å². The standard InChI is InChI=1S/C44H29N3O/c1-2-14-29(15-3-1)41-45-42(47-43(46-41)33-19-12-16-28-13-4-5-17-31(28)33)30-25-26-36-34(27-30)32-18-6-7-20-35(32)44(36)37-21-8-10-23-39(37)48-40-24-11-9-22-38(40)44/h1-27,43H,(H,45,46,47). The Kier molecular flexibility index (Phi) is 5.82. The van der Waals surface area contributed by atoms with E-state index in [1.165, 1.54) is 33.0 Å². The third kappa shape index (κ3) is 3.83. The third-order valence-corrected chi connectivity index (χ3v) is 10.0. The highest BCUT2D eigenvalue weighted by atomic mass is 16.5. The molecule has 0 aromatic heterocycles. The Hall–Kier alpha value is -6.26. The molecule has 226 valence electrons. The summed E-state index contributed by atoms with van der Waals surface area (Å²) in [5.41, 5.74) is 9.87. The highest BCUT2D eigenvalue weighted by Crippen LogP contribution is 2.62. The smallest absolute Gasteiger partial charge is 0.159 e. The minimum atomic E-state index is -0.500. The highest BCUT2D eigenvalue weighted by molar-refractivity contribution is 6.13. The number of benzene rings is 7. The molecule has 0 fully saturated rings. The lowest BCUT2D eigenvalue weighted by Crippen LogP contribution is -2.34. The Labute approximate surface area is 278 Å². The molecule has 1 unspecified atom stereocenters. The fourth-order valence-corrected chi connectivity index (χ4v) is 7.97. The molecule has 0 bridgehead atoms. The summed E-state index contributed by atoms with van der Waals surface area (Å²) >= 11 is 0. The second kappa shape index (κ2) is 10.4. The van der Waals surface area contributed by atoms with Crippen LogP contribution < -0.4 is 10.1 Å². The predicted molar refractivity (Wildman–Crippen MR) is 193 cm³/mol. The molecule has 1 aliphatic carbocycles. The first-order valence-electron chi connectivity index (χ1n) is 16.4. The number of hydrogen-bond donors (Lipinski definition) is 1. The van der Waals surface area contributed by atoms with Gasteiger partial charge in [0, 0.05) is 27.8 Å². The number of hydrogen-bond acceptors (Lipinski definition) is 4. The second-order valence-corrected chi connectivity index (χ2v) is 12.5. The first-order valence-corrected chi connectivity index (χ1v) is 16.4. The van der Waals surface area contributed by atoms with Crippen molar-refractivity contribution in [3.63, 3.8) is 0 Å². The van der Waals surface area contributed by atoms with Crippen molar-refractivity contribution in [1.29, 1.82) is 0 Å². The lowest BCUT2D eigenvalue weighted by Gasteiger charge is -2.39. The number of aliphatic imine (C=N–C) groups is 2. The molecular formula is C44H29N3O. The average Bonchev–Trinajstić information content (AvgIpc) is 3.45. The van der Waals surface area contributed by atoms with Crippen molar-refractivity contribution >= 4 is 22.4 Å². The van der Waals surface area contributed by atoms with Gasteiger partial charge in [0.05, 0.1) is 5.41 Å². The Morgan fingerprint density at radius 2 is 1.17 bits per heavy atom. The normalized spacial score (nSPS) is 16.5. The summed E-state index contributed by atoms with van der Waals surface area (Å²) in [7, 11) is 0. The lowest BCUT2D eigenvalue weighted by atomic mass is 9.66. The number of nitrogens with one attached hydrogen (secondary N) is 1. The SMILES string of the molecule is c1ccc(C2=NC(c3cccc4ccccc34)NC(c3ccc4c(c3)-c3ccccc3C43c4ccccc4Oc4ccccc43)=N2)cc1. The van der Waals surface area contributed by atoms with Crippen LogP contribution in [0.25, 0.3) is 21.9 Å². The third-order valence-electron chi connectivity index (χ3n) is 10.0. The molecule has 1 atom stereocenters. The zero-order chi connectivity index (χ0) is 31.7. The van der Waals surface area contributed by atoms with Crippen LogP contribution in [0.5, 0.6) is 11.5 Å². The second-order valence-electron chi connectivity index (χ2n) is 12.5. The molecule has 0 saturated carbocycles. The molecule has 48 heavy (non-hydrogen) atoms. The molecule has 0 radical (unpaired) electrons. The van der Waals surface area contributed by atoms with Crippen molar-refractivity contribution in [3.05, 3.63) is 203 Å². The van der Waals surface area contributed by atoms with Gasteiger partial charge in [-0.15, -0.1) is 0 Å². The van der Waals surface area contributed by atoms with Gasteiger partial charge in [-0.2, -0.15) is 0 Å². The van der Waals surface area contributed by atoms with Gasteiger partial charge < -0.3 is 10.1 Å².